The predicted octanol–water partition coefficient (Wildman–Crippen LogP) is 3.81. The summed E-state index contributed by atoms with van der Waals surface area (Å²) < 4.78 is 0. The highest BCUT2D eigenvalue weighted by Crippen LogP contribution is 2.23. The number of nitriles is 1. The van der Waals surface area contributed by atoms with Crippen molar-refractivity contribution in [3.63, 3.8) is 0 Å². The van der Waals surface area contributed by atoms with E-state index in [9.17, 15) is 5.26 Å². The Morgan fingerprint density at radius 1 is 1.22 bits per heavy atom. The topological polar surface area (TPSA) is 39.4 Å². The lowest BCUT2D eigenvalue weighted by Crippen LogP contribution is -2.16. The van der Waals surface area contributed by atoms with E-state index in [1.165, 1.54) is 6.20 Å². The first-order chi connectivity index (χ1) is 11.2. The third-order valence-electron chi connectivity index (χ3n) is 3.40. The number of nitrogens with zero attached hydrogens (tertiary/aromatic N) is 3. The fraction of sp³-hybridized carbons (Fsp3) is 0.100. The minimum Gasteiger partial charge on any atom is -0.361 e. The molecule has 2 aromatic rings. The lowest BCUT2D eigenvalue weighted by atomic mass is 9.98. The van der Waals surface area contributed by atoms with E-state index in [2.05, 4.69) is 23.6 Å². The number of aliphatic imine (C=N–C) groups is 1. The van der Waals surface area contributed by atoms with Gasteiger partial charge in [-0.25, -0.2) is 4.99 Å². The van der Waals surface area contributed by atoms with Gasteiger partial charge < -0.3 is 4.90 Å². The molecule has 2 rings (SSSR count). The molecule has 0 aromatic heterocycles. The first-order valence-electron chi connectivity index (χ1n) is 7.12. The Morgan fingerprint density at radius 2 is 1.91 bits per heavy atom. The molecule has 2 aromatic carbocycles. The van der Waals surface area contributed by atoms with Crippen LogP contribution in [0.3, 0.4) is 0 Å². The van der Waals surface area contributed by atoms with Crippen molar-refractivity contribution in [3.8, 4) is 29.5 Å². The fourth-order valence-electron chi connectivity index (χ4n) is 2.24. The minimum atomic E-state index is 0.594. The van der Waals surface area contributed by atoms with E-state index < -0.39 is 0 Å². The zero-order valence-corrected chi connectivity index (χ0v) is 13.0. The monoisotopic (exact) mass is 299 g/mol. The second-order valence-corrected chi connectivity index (χ2v) is 5.07. The summed E-state index contributed by atoms with van der Waals surface area (Å²) in [5.74, 6) is 2.61. The zero-order valence-electron chi connectivity index (χ0n) is 13.0. The maximum Gasteiger partial charge on any atom is 0.0995 e. The lowest BCUT2D eigenvalue weighted by molar-refractivity contribution is 0.515. The molecule has 23 heavy (non-hydrogen) atoms. The van der Waals surface area contributed by atoms with Gasteiger partial charge in [0.25, 0.3) is 0 Å². The summed E-state index contributed by atoms with van der Waals surface area (Å²) in [4.78, 5) is 5.89. The summed E-state index contributed by atoms with van der Waals surface area (Å²) in [6, 6.07) is 15.9. The van der Waals surface area contributed by atoms with Crippen molar-refractivity contribution >= 4 is 6.34 Å². The van der Waals surface area contributed by atoms with Crippen molar-refractivity contribution in [2.45, 2.75) is 6.54 Å². The van der Waals surface area contributed by atoms with E-state index in [1.54, 1.807) is 6.34 Å². The molecule has 0 saturated carbocycles. The summed E-state index contributed by atoms with van der Waals surface area (Å²) in [6.07, 6.45) is 8.54. The molecule has 0 atom stereocenters. The van der Waals surface area contributed by atoms with Gasteiger partial charge in [-0.2, -0.15) is 5.26 Å². The molecule has 0 fully saturated rings. The first-order valence-corrected chi connectivity index (χ1v) is 7.12. The quantitative estimate of drug-likeness (QED) is 0.478. The van der Waals surface area contributed by atoms with Gasteiger partial charge >= 0.3 is 0 Å². The largest absolute Gasteiger partial charge is 0.361 e. The van der Waals surface area contributed by atoms with Crippen LogP contribution < -0.4 is 0 Å². The van der Waals surface area contributed by atoms with Crippen LogP contribution in [0.2, 0.25) is 0 Å². The molecule has 0 aliphatic heterocycles. The number of benzene rings is 2. The van der Waals surface area contributed by atoms with E-state index in [1.807, 2.05) is 54.4 Å². The first kappa shape index (κ1) is 16.1. The van der Waals surface area contributed by atoms with Crippen LogP contribution in [0.5, 0.6) is 0 Å². The average Bonchev–Trinajstić information content (AvgIpc) is 2.60. The van der Waals surface area contributed by atoms with Crippen molar-refractivity contribution in [2.24, 2.45) is 4.99 Å². The molecule has 0 aliphatic rings. The van der Waals surface area contributed by atoms with Crippen LogP contribution in [0.25, 0.3) is 11.1 Å². The fourth-order valence-corrected chi connectivity index (χ4v) is 2.24. The maximum atomic E-state index is 9.30. The van der Waals surface area contributed by atoms with Crippen molar-refractivity contribution < 1.29 is 0 Å². The van der Waals surface area contributed by atoms with Crippen molar-refractivity contribution in [1.82, 2.24) is 4.90 Å². The van der Waals surface area contributed by atoms with Gasteiger partial charge in [-0.3, -0.25) is 0 Å². The molecule has 0 unspecified atom stereocenters. The highest BCUT2D eigenvalue weighted by atomic mass is 15.1. The Labute approximate surface area is 137 Å². The van der Waals surface area contributed by atoms with Gasteiger partial charge in [0.15, 0.2) is 0 Å². The van der Waals surface area contributed by atoms with Crippen LogP contribution in [-0.4, -0.2) is 18.3 Å². The summed E-state index contributed by atoms with van der Waals surface area (Å²) in [5, 5.41) is 9.30. The summed E-state index contributed by atoms with van der Waals surface area (Å²) >= 11 is 0. The Balaban J connectivity index is 2.34. The molecule has 0 amide bonds. The predicted molar refractivity (Wildman–Crippen MR) is 94.7 cm³/mol. The Bertz CT molecular complexity index is 802. The van der Waals surface area contributed by atoms with Crippen LogP contribution in [0.4, 0.5) is 0 Å². The van der Waals surface area contributed by atoms with Crippen molar-refractivity contribution in [1.29, 1.82) is 5.26 Å². The van der Waals surface area contributed by atoms with Crippen LogP contribution in [0, 0.1) is 23.7 Å². The van der Waals surface area contributed by atoms with E-state index in [0.29, 0.717) is 12.1 Å². The summed E-state index contributed by atoms with van der Waals surface area (Å²) in [5.41, 5.74) is 4.58. The van der Waals surface area contributed by atoms with Crippen LogP contribution >= 0.6 is 0 Å². The highest BCUT2D eigenvalue weighted by Gasteiger charge is 2.07. The molecule has 112 valence electrons. The number of hydrogen-bond acceptors (Lipinski definition) is 2. The SMILES string of the molecule is C#Cc1ccc(-c2ccc(C#N)c(CN(C)C=NC=C)c2)cc1. The Morgan fingerprint density at radius 3 is 2.52 bits per heavy atom. The Kier molecular flexibility index (Phi) is 5.34. The third-order valence-corrected chi connectivity index (χ3v) is 3.40. The zero-order chi connectivity index (χ0) is 16.7. The smallest absolute Gasteiger partial charge is 0.0995 e. The molecule has 0 heterocycles. The molecule has 3 nitrogen and oxygen atoms in total. The van der Waals surface area contributed by atoms with E-state index in [0.717, 1.165) is 22.3 Å². The lowest BCUT2D eigenvalue weighted by Gasteiger charge is -2.15. The van der Waals surface area contributed by atoms with Gasteiger partial charge in [0.1, 0.15) is 0 Å². The number of hydrogen-bond donors (Lipinski definition) is 0. The normalized spacial score (nSPS) is 10.0. The van der Waals surface area contributed by atoms with Gasteiger partial charge in [-0.05, 0) is 41.0 Å². The van der Waals surface area contributed by atoms with Gasteiger partial charge in [-0.15, -0.1) is 6.42 Å². The molecule has 0 radical (unpaired) electrons. The average molecular weight is 299 g/mol. The van der Waals surface area contributed by atoms with Gasteiger partial charge in [-0.1, -0.05) is 30.7 Å². The van der Waals surface area contributed by atoms with Crippen molar-refractivity contribution in [2.75, 3.05) is 7.05 Å². The second kappa shape index (κ2) is 7.64. The molecule has 0 aliphatic carbocycles. The van der Waals surface area contributed by atoms with E-state index in [-0.39, 0.29) is 0 Å². The van der Waals surface area contributed by atoms with Gasteiger partial charge in [0, 0.05) is 25.4 Å². The molecular formula is C20H17N3. The molecular weight excluding hydrogens is 282 g/mol. The standard InChI is InChI=1S/C20H17N3/c1-4-16-6-8-17(9-7-16)18-10-11-19(13-21)20(12-18)14-23(3)15-22-5-2/h1,5-12,15H,2,14H2,3H3. The highest BCUT2D eigenvalue weighted by molar-refractivity contribution is 5.67. The van der Waals surface area contributed by atoms with Crippen LogP contribution in [-0.2, 0) is 6.54 Å². The molecule has 0 N–H and O–H groups in total. The van der Waals surface area contributed by atoms with Gasteiger partial charge in [0.2, 0.25) is 0 Å². The third kappa shape index (κ3) is 4.09. The van der Waals surface area contributed by atoms with Gasteiger partial charge in [0.05, 0.1) is 18.0 Å². The van der Waals surface area contributed by atoms with Crippen LogP contribution in [0.1, 0.15) is 16.7 Å². The van der Waals surface area contributed by atoms with E-state index in [4.69, 9.17) is 6.42 Å². The summed E-state index contributed by atoms with van der Waals surface area (Å²) in [7, 11) is 1.91. The second-order valence-electron chi connectivity index (χ2n) is 5.07. The number of rotatable bonds is 5. The molecule has 0 spiro atoms. The summed E-state index contributed by atoms with van der Waals surface area (Å²) in [6.45, 7) is 4.14. The number of terminal acetylenes is 1. The maximum absolute atomic E-state index is 9.30. The van der Waals surface area contributed by atoms with E-state index >= 15 is 0 Å². The Hall–Kier alpha value is -3.30. The van der Waals surface area contributed by atoms with Crippen molar-refractivity contribution in [3.05, 3.63) is 71.9 Å². The molecule has 0 bridgehead atoms. The molecule has 3 heteroatoms. The molecule has 0 saturated heterocycles. The minimum absolute atomic E-state index is 0.594. The van der Waals surface area contributed by atoms with Crippen LogP contribution in [0.15, 0.2) is 60.2 Å².